The number of para-hydroxylation sites is 1. The summed E-state index contributed by atoms with van der Waals surface area (Å²) in [4.78, 5) is 19.1. The van der Waals surface area contributed by atoms with Crippen LogP contribution in [0, 0.1) is 0 Å². The Morgan fingerprint density at radius 2 is 1.50 bits per heavy atom. The van der Waals surface area contributed by atoms with Crippen molar-refractivity contribution >= 4 is 17.5 Å². The molecule has 2 aliphatic rings. The Morgan fingerprint density at radius 3 is 2.11 bits per heavy atom. The van der Waals surface area contributed by atoms with Crippen molar-refractivity contribution in [3.8, 4) is 5.75 Å². The van der Waals surface area contributed by atoms with Gasteiger partial charge in [-0.15, -0.1) is 10.2 Å². The molecule has 2 aliphatic heterocycles. The summed E-state index contributed by atoms with van der Waals surface area (Å²) in [7, 11) is 1.64. The van der Waals surface area contributed by atoms with Gasteiger partial charge in [0.2, 0.25) is 5.91 Å². The van der Waals surface area contributed by atoms with Gasteiger partial charge in [-0.3, -0.25) is 4.79 Å². The maximum absolute atomic E-state index is 12.7. The van der Waals surface area contributed by atoms with E-state index in [1.54, 1.807) is 7.11 Å². The molecule has 2 saturated heterocycles. The summed E-state index contributed by atoms with van der Waals surface area (Å²) in [6.45, 7) is 5.08. The molecule has 4 rings (SSSR count). The van der Waals surface area contributed by atoms with E-state index >= 15 is 0 Å². The number of piperazine rings is 1. The fraction of sp³-hybridized carbons (Fsp3) is 0.476. The average molecular weight is 381 g/mol. The van der Waals surface area contributed by atoms with Gasteiger partial charge in [0.15, 0.2) is 11.6 Å². The van der Waals surface area contributed by atoms with Gasteiger partial charge >= 0.3 is 0 Å². The largest absolute Gasteiger partial charge is 0.496 e. The monoisotopic (exact) mass is 381 g/mol. The van der Waals surface area contributed by atoms with Gasteiger partial charge in [-0.05, 0) is 31.0 Å². The molecule has 3 heterocycles. The summed E-state index contributed by atoms with van der Waals surface area (Å²) >= 11 is 0. The fourth-order valence-corrected chi connectivity index (χ4v) is 3.91. The van der Waals surface area contributed by atoms with Gasteiger partial charge in [-0.25, -0.2) is 0 Å². The van der Waals surface area contributed by atoms with Gasteiger partial charge in [0.1, 0.15) is 5.75 Å². The first kappa shape index (κ1) is 18.5. The lowest BCUT2D eigenvalue weighted by molar-refractivity contribution is -0.130. The number of carbonyl (C=O) groups excluding carboxylic acids is 1. The van der Waals surface area contributed by atoms with Crippen molar-refractivity contribution in [1.82, 2.24) is 15.1 Å². The number of nitrogens with zero attached hydrogens (tertiary/aromatic N) is 5. The Labute approximate surface area is 165 Å². The standard InChI is InChI=1S/C21H27N5O2/c1-28-18-7-3-2-6-17(18)16-21(27)26-14-12-25(13-15-26)20-9-8-19(22-23-20)24-10-4-5-11-24/h2-3,6-9H,4-5,10-16H2,1H3. The Kier molecular flexibility index (Phi) is 5.60. The summed E-state index contributed by atoms with van der Waals surface area (Å²) in [5.41, 5.74) is 0.931. The first-order chi connectivity index (χ1) is 13.7. The van der Waals surface area contributed by atoms with Crippen LogP contribution in [0.5, 0.6) is 5.75 Å². The Bertz CT molecular complexity index is 797. The molecule has 1 aromatic heterocycles. The molecule has 0 radical (unpaired) electrons. The molecule has 0 bridgehead atoms. The molecule has 7 heteroatoms. The molecule has 28 heavy (non-hydrogen) atoms. The van der Waals surface area contributed by atoms with Crippen LogP contribution in [0.2, 0.25) is 0 Å². The smallest absolute Gasteiger partial charge is 0.227 e. The van der Waals surface area contributed by atoms with Gasteiger partial charge < -0.3 is 19.4 Å². The summed E-state index contributed by atoms with van der Waals surface area (Å²) < 4.78 is 5.36. The normalized spacial score (nSPS) is 17.1. The Balaban J connectivity index is 1.32. The van der Waals surface area contributed by atoms with Crippen molar-refractivity contribution in [2.75, 3.05) is 56.2 Å². The maximum atomic E-state index is 12.7. The van der Waals surface area contributed by atoms with E-state index < -0.39 is 0 Å². The number of aromatic nitrogens is 2. The lowest BCUT2D eigenvalue weighted by atomic mass is 10.1. The Hall–Kier alpha value is -2.83. The molecule has 148 valence electrons. The molecular formula is C21H27N5O2. The summed E-state index contributed by atoms with van der Waals surface area (Å²) in [5, 5.41) is 8.83. The number of benzene rings is 1. The zero-order valence-corrected chi connectivity index (χ0v) is 16.4. The van der Waals surface area contributed by atoms with E-state index in [1.807, 2.05) is 35.2 Å². The first-order valence-electron chi connectivity index (χ1n) is 9.98. The van der Waals surface area contributed by atoms with E-state index in [0.717, 1.165) is 49.1 Å². The van der Waals surface area contributed by atoms with Crippen molar-refractivity contribution < 1.29 is 9.53 Å². The lowest BCUT2D eigenvalue weighted by Gasteiger charge is -2.35. The molecule has 0 spiro atoms. The van der Waals surface area contributed by atoms with Crippen LogP contribution in [0.15, 0.2) is 36.4 Å². The van der Waals surface area contributed by atoms with E-state index in [-0.39, 0.29) is 5.91 Å². The van der Waals surface area contributed by atoms with Crippen LogP contribution in [0.1, 0.15) is 18.4 Å². The third-order valence-corrected chi connectivity index (χ3v) is 5.56. The van der Waals surface area contributed by atoms with Crippen LogP contribution >= 0.6 is 0 Å². The number of rotatable bonds is 5. The average Bonchev–Trinajstić information content (AvgIpc) is 3.29. The van der Waals surface area contributed by atoms with Crippen LogP contribution in [0.3, 0.4) is 0 Å². The zero-order chi connectivity index (χ0) is 19.3. The second-order valence-corrected chi connectivity index (χ2v) is 7.30. The molecule has 1 aromatic carbocycles. The molecule has 2 fully saturated rings. The number of hydrogen-bond acceptors (Lipinski definition) is 6. The first-order valence-corrected chi connectivity index (χ1v) is 9.98. The topological polar surface area (TPSA) is 61.8 Å². The SMILES string of the molecule is COc1ccccc1CC(=O)N1CCN(c2ccc(N3CCCC3)nn2)CC1. The minimum absolute atomic E-state index is 0.139. The number of hydrogen-bond donors (Lipinski definition) is 0. The fourth-order valence-electron chi connectivity index (χ4n) is 3.91. The molecule has 0 aliphatic carbocycles. The van der Waals surface area contributed by atoms with Gasteiger partial charge in [0, 0.05) is 44.8 Å². The van der Waals surface area contributed by atoms with Crippen LogP contribution in [-0.4, -0.2) is 67.4 Å². The van der Waals surface area contributed by atoms with Crippen LogP contribution in [0.4, 0.5) is 11.6 Å². The van der Waals surface area contributed by atoms with E-state index in [0.29, 0.717) is 19.5 Å². The Morgan fingerprint density at radius 1 is 0.893 bits per heavy atom. The maximum Gasteiger partial charge on any atom is 0.227 e. The zero-order valence-electron chi connectivity index (χ0n) is 16.4. The molecule has 2 aromatic rings. The van der Waals surface area contributed by atoms with Crippen LogP contribution < -0.4 is 14.5 Å². The van der Waals surface area contributed by atoms with Gasteiger partial charge in [0.25, 0.3) is 0 Å². The van der Waals surface area contributed by atoms with Gasteiger partial charge in [-0.2, -0.15) is 0 Å². The van der Waals surface area contributed by atoms with Crippen LogP contribution in [0.25, 0.3) is 0 Å². The van der Waals surface area contributed by atoms with E-state index in [1.165, 1.54) is 12.8 Å². The van der Waals surface area contributed by atoms with Crippen LogP contribution in [-0.2, 0) is 11.2 Å². The molecule has 1 amide bonds. The lowest BCUT2D eigenvalue weighted by Crippen LogP contribution is -2.49. The number of carbonyl (C=O) groups is 1. The number of anilines is 2. The highest BCUT2D eigenvalue weighted by Crippen LogP contribution is 2.21. The van der Waals surface area contributed by atoms with Crippen molar-refractivity contribution in [1.29, 1.82) is 0 Å². The van der Waals surface area contributed by atoms with Gasteiger partial charge in [-0.1, -0.05) is 18.2 Å². The minimum Gasteiger partial charge on any atom is -0.496 e. The quantitative estimate of drug-likeness (QED) is 0.789. The third kappa shape index (κ3) is 4.03. The van der Waals surface area contributed by atoms with Crippen molar-refractivity contribution in [2.45, 2.75) is 19.3 Å². The van der Waals surface area contributed by atoms with E-state index in [2.05, 4.69) is 26.1 Å². The highest BCUT2D eigenvalue weighted by Gasteiger charge is 2.23. The molecule has 7 nitrogen and oxygen atoms in total. The second-order valence-electron chi connectivity index (χ2n) is 7.30. The molecular weight excluding hydrogens is 354 g/mol. The summed E-state index contributed by atoms with van der Waals surface area (Å²) in [5.74, 6) is 2.76. The van der Waals surface area contributed by atoms with Crippen molar-refractivity contribution in [3.63, 3.8) is 0 Å². The number of amides is 1. The summed E-state index contributed by atoms with van der Waals surface area (Å²) in [6.07, 6.45) is 2.83. The third-order valence-electron chi connectivity index (χ3n) is 5.56. The molecule has 0 N–H and O–H groups in total. The van der Waals surface area contributed by atoms with Crippen molar-refractivity contribution in [2.24, 2.45) is 0 Å². The minimum atomic E-state index is 0.139. The molecule has 0 atom stereocenters. The predicted molar refractivity (Wildman–Crippen MR) is 109 cm³/mol. The number of methoxy groups -OCH3 is 1. The van der Waals surface area contributed by atoms with E-state index in [4.69, 9.17) is 4.74 Å². The van der Waals surface area contributed by atoms with Gasteiger partial charge in [0.05, 0.1) is 13.5 Å². The molecule has 0 saturated carbocycles. The number of ether oxygens (including phenoxy) is 1. The second kappa shape index (κ2) is 8.46. The van der Waals surface area contributed by atoms with E-state index in [9.17, 15) is 4.79 Å². The highest BCUT2D eigenvalue weighted by atomic mass is 16.5. The highest BCUT2D eigenvalue weighted by molar-refractivity contribution is 5.79. The summed E-state index contributed by atoms with van der Waals surface area (Å²) in [6, 6.07) is 11.8. The predicted octanol–water partition coefficient (Wildman–Crippen LogP) is 1.98. The van der Waals surface area contributed by atoms with Crippen molar-refractivity contribution in [3.05, 3.63) is 42.0 Å². The molecule has 0 unspecified atom stereocenters.